The summed E-state index contributed by atoms with van der Waals surface area (Å²) in [6, 6.07) is 0. The molecule has 4 N–H and O–H groups in total. The molecule has 6 nitrogen and oxygen atoms in total. The maximum Gasteiger partial charge on any atom is 0.268 e. The van der Waals surface area contributed by atoms with Crippen LogP contribution in [0.2, 0.25) is 0 Å². The molecule has 0 atom stereocenters. The van der Waals surface area contributed by atoms with E-state index in [0.29, 0.717) is 0 Å². The van der Waals surface area contributed by atoms with Gasteiger partial charge >= 0.3 is 0 Å². The van der Waals surface area contributed by atoms with Gasteiger partial charge in [-0.15, -0.1) is 0 Å². The lowest BCUT2D eigenvalue weighted by Gasteiger charge is -1.94. The predicted molar refractivity (Wildman–Crippen MR) is 44.0 cm³/mol. The van der Waals surface area contributed by atoms with Crippen molar-refractivity contribution in [1.82, 2.24) is 0 Å². The third-order valence-corrected chi connectivity index (χ3v) is 1.97. The van der Waals surface area contributed by atoms with E-state index in [9.17, 15) is 8.42 Å². The highest BCUT2D eigenvalue weighted by atomic mass is 32.2. The molecule has 0 aliphatic rings. The number of aliphatic hydroxyl groups excluding tert-OH is 2. The predicted octanol–water partition coefficient (Wildman–Crippen LogP) is -2.11. The van der Waals surface area contributed by atoms with Gasteiger partial charge in [-0.3, -0.25) is 4.18 Å². The van der Waals surface area contributed by atoms with Gasteiger partial charge in [-0.2, -0.15) is 8.42 Å². The third-order valence-electron chi connectivity index (χ3n) is 0.722. The summed E-state index contributed by atoms with van der Waals surface area (Å²) in [5.74, 6) is -0.108. The second-order valence-electron chi connectivity index (χ2n) is 1.66. The van der Waals surface area contributed by atoms with Crippen molar-refractivity contribution in [2.24, 2.45) is 5.73 Å². The standard InChI is InChI=1S/C3H9NO3S.C2H6O2/c1-7-8(5,6)3-2-4;3-1-2-4/h2-4H2,1H3;3-4H,1-2H2. The van der Waals surface area contributed by atoms with Crippen molar-refractivity contribution >= 4 is 10.1 Å². The van der Waals surface area contributed by atoms with Crippen LogP contribution in [0.4, 0.5) is 0 Å². The monoisotopic (exact) mass is 201 g/mol. The summed E-state index contributed by atoms with van der Waals surface area (Å²) in [4.78, 5) is 0. The van der Waals surface area contributed by atoms with Gasteiger partial charge in [0.1, 0.15) is 0 Å². The van der Waals surface area contributed by atoms with Crippen LogP contribution < -0.4 is 5.73 Å². The molecule has 0 aromatic heterocycles. The third kappa shape index (κ3) is 12.5. The number of aliphatic hydroxyl groups is 2. The molecule has 0 unspecified atom stereocenters. The maximum atomic E-state index is 10.3. The molecule has 0 aliphatic heterocycles. The van der Waals surface area contributed by atoms with Crippen LogP contribution >= 0.6 is 0 Å². The molecule has 0 heterocycles. The zero-order valence-electron chi connectivity index (χ0n) is 6.93. The summed E-state index contributed by atoms with van der Waals surface area (Å²) in [7, 11) is -2.18. The highest BCUT2D eigenvalue weighted by Gasteiger charge is 2.03. The molecule has 7 heteroatoms. The van der Waals surface area contributed by atoms with E-state index >= 15 is 0 Å². The highest BCUT2D eigenvalue weighted by molar-refractivity contribution is 7.86. The zero-order valence-corrected chi connectivity index (χ0v) is 7.75. The average molecular weight is 201 g/mol. The molecule has 0 saturated heterocycles. The van der Waals surface area contributed by atoms with E-state index in [4.69, 9.17) is 15.9 Å². The molecule has 0 saturated carbocycles. The first-order chi connectivity index (χ1) is 5.54. The van der Waals surface area contributed by atoms with E-state index in [1.807, 2.05) is 0 Å². The molecular formula is C5H15NO5S. The highest BCUT2D eigenvalue weighted by Crippen LogP contribution is 1.85. The van der Waals surface area contributed by atoms with Crippen molar-refractivity contribution in [3.8, 4) is 0 Å². The van der Waals surface area contributed by atoms with Gasteiger partial charge < -0.3 is 15.9 Å². The fraction of sp³-hybridized carbons (Fsp3) is 1.00. The first kappa shape index (κ1) is 14.3. The van der Waals surface area contributed by atoms with Crippen LogP contribution in [0.5, 0.6) is 0 Å². The summed E-state index contributed by atoms with van der Waals surface area (Å²) in [6.07, 6.45) is 0. The Morgan fingerprint density at radius 3 is 1.83 bits per heavy atom. The van der Waals surface area contributed by atoms with Crippen LogP contribution in [0.3, 0.4) is 0 Å². The minimum absolute atomic E-state index is 0.107. The normalized spacial score (nSPS) is 10.3. The van der Waals surface area contributed by atoms with Crippen molar-refractivity contribution in [2.45, 2.75) is 0 Å². The lowest BCUT2D eigenvalue weighted by molar-refractivity contribution is 0.186. The zero-order chi connectivity index (χ0) is 10.0. The smallest absolute Gasteiger partial charge is 0.268 e. The fourth-order valence-electron chi connectivity index (χ4n) is 0.228. The fourth-order valence-corrected chi connectivity index (χ4v) is 0.683. The van der Waals surface area contributed by atoms with Gasteiger partial charge in [-0.05, 0) is 0 Å². The van der Waals surface area contributed by atoms with Crippen molar-refractivity contribution in [1.29, 1.82) is 0 Å². The minimum atomic E-state index is -3.29. The van der Waals surface area contributed by atoms with E-state index in [-0.39, 0.29) is 25.5 Å². The van der Waals surface area contributed by atoms with E-state index < -0.39 is 10.1 Å². The number of rotatable bonds is 4. The molecular weight excluding hydrogens is 186 g/mol. The largest absolute Gasteiger partial charge is 0.394 e. The summed E-state index contributed by atoms with van der Waals surface area (Å²) in [5, 5.41) is 15.2. The number of nitrogens with two attached hydrogens (primary N) is 1. The number of hydrogen-bond donors (Lipinski definition) is 3. The summed E-state index contributed by atoms with van der Waals surface area (Å²) < 4.78 is 24.7. The Labute approximate surface area is 72.1 Å². The van der Waals surface area contributed by atoms with Crippen LogP contribution in [0.25, 0.3) is 0 Å². The van der Waals surface area contributed by atoms with Crippen LogP contribution in [0, 0.1) is 0 Å². The molecule has 0 bridgehead atoms. The summed E-state index contributed by atoms with van der Waals surface area (Å²) in [5.41, 5.74) is 4.93. The molecule has 0 aromatic carbocycles. The average Bonchev–Trinajstić information content (AvgIpc) is 2.05. The van der Waals surface area contributed by atoms with Crippen molar-refractivity contribution < 1.29 is 22.8 Å². The van der Waals surface area contributed by atoms with Gasteiger partial charge in [0.2, 0.25) is 0 Å². The molecule has 0 spiro atoms. The Bertz CT molecular complexity index is 165. The quantitative estimate of drug-likeness (QED) is 0.449. The lowest BCUT2D eigenvalue weighted by Crippen LogP contribution is -2.16. The number of hydrogen-bond acceptors (Lipinski definition) is 6. The van der Waals surface area contributed by atoms with Crippen molar-refractivity contribution in [3.05, 3.63) is 0 Å². The Morgan fingerprint density at radius 1 is 1.33 bits per heavy atom. The Balaban J connectivity index is 0. The van der Waals surface area contributed by atoms with Crippen LogP contribution in [-0.2, 0) is 14.3 Å². The molecule has 0 amide bonds. The van der Waals surface area contributed by atoms with E-state index in [1.165, 1.54) is 0 Å². The minimum Gasteiger partial charge on any atom is -0.394 e. The van der Waals surface area contributed by atoms with Crippen LogP contribution in [0.1, 0.15) is 0 Å². The second-order valence-corrected chi connectivity index (χ2v) is 3.52. The van der Waals surface area contributed by atoms with Gasteiger partial charge in [0.15, 0.2) is 0 Å². The Morgan fingerprint density at radius 2 is 1.75 bits per heavy atom. The molecule has 0 rings (SSSR count). The Kier molecular flexibility index (Phi) is 10.6. The van der Waals surface area contributed by atoms with Gasteiger partial charge in [0.25, 0.3) is 10.1 Å². The molecule has 0 aliphatic carbocycles. The SMILES string of the molecule is COS(=O)(=O)CCN.OCCO. The van der Waals surface area contributed by atoms with Gasteiger partial charge in [-0.25, -0.2) is 0 Å². The first-order valence-electron chi connectivity index (χ1n) is 3.24. The molecule has 12 heavy (non-hydrogen) atoms. The summed E-state index contributed by atoms with van der Waals surface area (Å²) in [6.45, 7) is -0.143. The van der Waals surface area contributed by atoms with E-state index in [1.54, 1.807) is 0 Å². The van der Waals surface area contributed by atoms with Crippen LogP contribution in [0.15, 0.2) is 0 Å². The van der Waals surface area contributed by atoms with E-state index in [0.717, 1.165) is 7.11 Å². The Hall–Kier alpha value is -0.210. The second kappa shape index (κ2) is 8.88. The van der Waals surface area contributed by atoms with Gasteiger partial charge in [0.05, 0.1) is 26.1 Å². The van der Waals surface area contributed by atoms with Crippen molar-refractivity contribution in [3.63, 3.8) is 0 Å². The topological polar surface area (TPSA) is 110 Å². The summed E-state index contributed by atoms with van der Waals surface area (Å²) >= 11 is 0. The van der Waals surface area contributed by atoms with Crippen molar-refractivity contribution in [2.75, 3.05) is 32.6 Å². The molecule has 76 valence electrons. The first-order valence-corrected chi connectivity index (χ1v) is 4.81. The van der Waals surface area contributed by atoms with E-state index in [2.05, 4.69) is 4.18 Å². The van der Waals surface area contributed by atoms with Gasteiger partial charge in [-0.1, -0.05) is 0 Å². The van der Waals surface area contributed by atoms with Crippen LogP contribution in [-0.4, -0.2) is 51.3 Å². The molecule has 0 radical (unpaired) electrons. The molecule has 0 fully saturated rings. The maximum absolute atomic E-state index is 10.3. The molecule has 0 aromatic rings. The lowest BCUT2D eigenvalue weighted by atomic mass is 10.8. The van der Waals surface area contributed by atoms with Gasteiger partial charge in [0, 0.05) is 6.54 Å².